The highest BCUT2D eigenvalue weighted by atomic mass is 16.3. The third-order valence-corrected chi connectivity index (χ3v) is 3.64. The number of anilines is 1. The Morgan fingerprint density at radius 3 is 2.55 bits per heavy atom. The lowest BCUT2D eigenvalue weighted by Gasteiger charge is -2.27. The molecular formula is C17H18N2O. The van der Waals surface area contributed by atoms with Crippen LogP contribution in [0.1, 0.15) is 17.7 Å². The summed E-state index contributed by atoms with van der Waals surface area (Å²) in [6.45, 7) is 3.88. The molecule has 0 spiro atoms. The van der Waals surface area contributed by atoms with E-state index in [9.17, 15) is 5.11 Å². The van der Waals surface area contributed by atoms with Crippen LogP contribution in [0.4, 0.5) is 5.82 Å². The predicted octanol–water partition coefficient (Wildman–Crippen LogP) is 3.39. The zero-order chi connectivity index (χ0) is 13.9. The maximum absolute atomic E-state index is 9.34. The number of hydrogen-bond acceptors (Lipinski definition) is 3. The van der Waals surface area contributed by atoms with Gasteiger partial charge in [-0.15, -0.1) is 0 Å². The Morgan fingerprint density at radius 1 is 1.10 bits per heavy atom. The molecule has 1 aliphatic rings. The fraction of sp³-hybridized carbons (Fsp3) is 0.235. The molecule has 1 aromatic heterocycles. The first-order valence-corrected chi connectivity index (χ1v) is 6.89. The van der Waals surface area contributed by atoms with Crippen molar-refractivity contribution in [2.45, 2.75) is 13.3 Å². The quantitative estimate of drug-likeness (QED) is 0.905. The molecule has 3 rings (SSSR count). The topological polar surface area (TPSA) is 36.4 Å². The minimum absolute atomic E-state index is 0.316. The SMILES string of the molecule is Cc1cccc(N2CC=C(c3ccc(O)cc3)CC2)n1. The van der Waals surface area contributed by atoms with E-state index < -0.39 is 0 Å². The van der Waals surface area contributed by atoms with Gasteiger partial charge in [-0.05, 0) is 48.7 Å². The average Bonchev–Trinajstić information content (AvgIpc) is 2.48. The molecule has 0 saturated heterocycles. The lowest BCUT2D eigenvalue weighted by molar-refractivity contribution is 0.475. The normalized spacial score (nSPS) is 15.1. The van der Waals surface area contributed by atoms with Gasteiger partial charge in [-0.1, -0.05) is 24.3 Å². The lowest BCUT2D eigenvalue weighted by atomic mass is 9.99. The van der Waals surface area contributed by atoms with E-state index in [2.05, 4.69) is 28.1 Å². The van der Waals surface area contributed by atoms with Crippen molar-refractivity contribution in [3.05, 3.63) is 59.8 Å². The lowest BCUT2D eigenvalue weighted by Crippen LogP contribution is -2.29. The van der Waals surface area contributed by atoms with Gasteiger partial charge in [-0.25, -0.2) is 4.98 Å². The Bertz CT molecular complexity index is 632. The second-order valence-corrected chi connectivity index (χ2v) is 5.11. The van der Waals surface area contributed by atoms with E-state index in [0.717, 1.165) is 31.0 Å². The molecule has 0 bridgehead atoms. The van der Waals surface area contributed by atoms with Gasteiger partial charge in [0.1, 0.15) is 11.6 Å². The van der Waals surface area contributed by atoms with Gasteiger partial charge in [0, 0.05) is 18.8 Å². The van der Waals surface area contributed by atoms with Crippen LogP contribution in [0.2, 0.25) is 0 Å². The van der Waals surface area contributed by atoms with Crippen LogP contribution in [0.3, 0.4) is 0 Å². The number of aromatic hydroxyl groups is 1. The molecule has 0 atom stereocenters. The van der Waals surface area contributed by atoms with Crippen molar-refractivity contribution < 1.29 is 5.11 Å². The van der Waals surface area contributed by atoms with Crippen molar-refractivity contribution in [1.29, 1.82) is 0 Å². The van der Waals surface area contributed by atoms with E-state index in [1.54, 1.807) is 12.1 Å². The summed E-state index contributed by atoms with van der Waals surface area (Å²) in [7, 11) is 0. The Morgan fingerprint density at radius 2 is 1.90 bits per heavy atom. The molecule has 3 heteroatoms. The molecule has 1 aliphatic heterocycles. The summed E-state index contributed by atoms with van der Waals surface area (Å²) >= 11 is 0. The molecule has 0 amide bonds. The van der Waals surface area contributed by atoms with E-state index >= 15 is 0 Å². The monoisotopic (exact) mass is 266 g/mol. The van der Waals surface area contributed by atoms with E-state index in [1.807, 2.05) is 25.1 Å². The van der Waals surface area contributed by atoms with E-state index in [4.69, 9.17) is 0 Å². The Hall–Kier alpha value is -2.29. The standard InChI is InChI=1S/C17H18N2O/c1-13-3-2-4-17(18-13)19-11-9-15(10-12-19)14-5-7-16(20)8-6-14/h2-9,20H,10-12H2,1H3. The second-order valence-electron chi connectivity index (χ2n) is 5.11. The van der Waals surface area contributed by atoms with Crippen molar-refractivity contribution in [3.63, 3.8) is 0 Å². The molecular weight excluding hydrogens is 248 g/mol. The zero-order valence-corrected chi connectivity index (χ0v) is 11.6. The second kappa shape index (κ2) is 5.37. The molecule has 0 unspecified atom stereocenters. The first kappa shape index (κ1) is 12.7. The zero-order valence-electron chi connectivity index (χ0n) is 11.6. The summed E-state index contributed by atoms with van der Waals surface area (Å²) in [5.41, 5.74) is 3.59. The Balaban J connectivity index is 1.76. The Kier molecular flexibility index (Phi) is 3.42. The summed E-state index contributed by atoms with van der Waals surface area (Å²) in [5, 5.41) is 9.34. The number of aromatic nitrogens is 1. The predicted molar refractivity (Wildman–Crippen MR) is 81.9 cm³/mol. The molecule has 102 valence electrons. The van der Waals surface area contributed by atoms with Crippen LogP contribution in [0.25, 0.3) is 5.57 Å². The van der Waals surface area contributed by atoms with Crippen molar-refractivity contribution in [3.8, 4) is 5.75 Å². The first-order valence-electron chi connectivity index (χ1n) is 6.89. The molecule has 2 heterocycles. The number of phenols is 1. The minimum atomic E-state index is 0.316. The van der Waals surface area contributed by atoms with Crippen molar-refractivity contribution in [1.82, 2.24) is 4.98 Å². The third kappa shape index (κ3) is 2.67. The van der Waals surface area contributed by atoms with Gasteiger partial charge in [-0.3, -0.25) is 0 Å². The van der Waals surface area contributed by atoms with Crippen LogP contribution < -0.4 is 4.90 Å². The highest BCUT2D eigenvalue weighted by Gasteiger charge is 2.14. The van der Waals surface area contributed by atoms with Gasteiger partial charge >= 0.3 is 0 Å². The smallest absolute Gasteiger partial charge is 0.129 e. The van der Waals surface area contributed by atoms with Crippen molar-refractivity contribution in [2.75, 3.05) is 18.0 Å². The van der Waals surface area contributed by atoms with Gasteiger partial charge < -0.3 is 10.0 Å². The minimum Gasteiger partial charge on any atom is -0.508 e. The molecule has 0 fully saturated rings. The van der Waals surface area contributed by atoms with Crippen molar-refractivity contribution in [2.24, 2.45) is 0 Å². The van der Waals surface area contributed by atoms with E-state index in [0.29, 0.717) is 5.75 Å². The van der Waals surface area contributed by atoms with Gasteiger partial charge in [0.25, 0.3) is 0 Å². The van der Waals surface area contributed by atoms with Gasteiger partial charge in [0.15, 0.2) is 0 Å². The fourth-order valence-electron chi connectivity index (χ4n) is 2.52. The first-order chi connectivity index (χ1) is 9.72. The summed E-state index contributed by atoms with van der Waals surface area (Å²) in [6, 6.07) is 13.6. The highest BCUT2D eigenvalue weighted by molar-refractivity contribution is 5.68. The van der Waals surface area contributed by atoms with Gasteiger partial charge in [0.05, 0.1) is 0 Å². The largest absolute Gasteiger partial charge is 0.508 e. The van der Waals surface area contributed by atoms with Crippen LogP contribution in [0.15, 0.2) is 48.5 Å². The molecule has 3 nitrogen and oxygen atoms in total. The third-order valence-electron chi connectivity index (χ3n) is 3.64. The summed E-state index contributed by atoms with van der Waals surface area (Å²) in [4.78, 5) is 6.86. The Labute approximate surface area is 119 Å². The number of rotatable bonds is 2. The fourth-order valence-corrected chi connectivity index (χ4v) is 2.52. The molecule has 1 N–H and O–H groups in total. The number of nitrogens with zero attached hydrogens (tertiary/aromatic N) is 2. The van der Waals surface area contributed by atoms with Crippen LogP contribution >= 0.6 is 0 Å². The van der Waals surface area contributed by atoms with E-state index in [1.165, 1.54) is 11.1 Å². The van der Waals surface area contributed by atoms with Gasteiger partial charge in [-0.2, -0.15) is 0 Å². The maximum Gasteiger partial charge on any atom is 0.129 e. The highest BCUT2D eigenvalue weighted by Crippen LogP contribution is 2.25. The summed E-state index contributed by atoms with van der Waals surface area (Å²) in [6.07, 6.45) is 3.25. The van der Waals surface area contributed by atoms with Crippen LogP contribution in [0.5, 0.6) is 5.75 Å². The molecule has 1 aromatic carbocycles. The average molecular weight is 266 g/mol. The molecule has 0 radical (unpaired) electrons. The van der Waals surface area contributed by atoms with E-state index in [-0.39, 0.29) is 0 Å². The maximum atomic E-state index is 9.34. The number of pyridine rings is 1. The van der Waals surface area contributed by atoms with Crippen LogP contribution in [0, 0.1) is 6.92 Å². The van der Waals surface area contributed by atoms with Crippen LogP contribution in [-0.4, -0.2) is 23.2 Å². The molecule has 2 aromatic rings. The number of aryl methyl sites for hydroxylation is 1. The van der Waals surface area contributed by atoms with Crippen LogP contribution in [-0.2, 0) is 0 Å². The van der Waals surface area contributed by atoms with Gasteiger partial charge in [0.2, 0.25) is 0 Å². The molecule has 0 saturated carbocycles. The molecule has 20 heavy (non-hydrogen) atoms. The number of benzene rings is 1. The van der Waals surface area contributed by atoms with Crippen molar-refractivity contribution >= 4 is 11.4 Å². The number of phenolic OH excluding ortho intramolecular Hbond substituents is 1. The summed E-state index contributed by atoms with van der Waals surface area (Å²) < 4.78 is 0. The number of hydrogen-bond donors (Lipinski definition) is 1. The summed E-state index contributed by atoms with van der Waals surface area (Å²) in [5.74, 6) is 1.36. The molecule has 0 aliphatic carbocycles.